The molecule has 4 N–H and O–H groups in total. The lowest BCUT2D eigenvalue weighted by Gasteiger charge is -2.22. The summed E-state index contributed by atoms with van der Waals surface area (Å²) in [5.41, 5.74) is 10.2. The van der Waals surface area contributed by atoms with Crippen LogP contribution in [0.4, 0.5) is 26.0 Å². The van der Waals surface area contributed by atoms with E-state index in [1.54, 1.807) is 6.07 Å². The molecule has 0 saturated carbocycles. The minimum absolute atomic E-state index is 0.339. The zero-order valence-corrected chi connectivity index (χ0v) is 20.5. The Morgan fingerprint density at radius 3 is 2.43 bits per heavy atom. The van der Waals surface area contributed by atoms with Crippen LogP contribution in [0.1, 0.15) is 21.5 Å². The maximum absolute atomic E-state index is 13.6. The highest BCUT2D eigenvalue weighted by molar-refractivity contribution is 6.10. The molecule has 0 radical (unpaired) electrons. The highest BCUT2D eigenvalue weighted by Gasteiger charge is 2.38. The van der Waals surface area contributed by atoms with Gasteiger partial charge in [-0.2, -0.15) is 5.10 Å². The van der Waals surface area contributed by atoms with Crippen molar-refractivity contribution in [1.29, 1.82) is 0 Å². The van der Waals surface area contributed by atoms with Gasteiger partial charge in [0.15, 0.2) is 5.82 Å². The Hall–Kier alpha value is -3.98. The van der Waals surface area contributed by atoms with E-state index in [1.807, 2.05) is 30.3 Å². The lowest BCUT2D eigenvalue weighted by Crippen LogP contribution is -2.26. The Bertz CT molecular complexity index is 1470. The molecule has 2 fully saturated rings. The van der Waals surface area contributed by atoms with Gasteiger partial charge >= 0.3 is 0 Å². The van der Waals surface area contributed by atoms with Crippen LogP contribution in [0.25, 0.3) is 10.9 Å². The smallest absolute Gasteiger partial charge is 0.258 e. The van der Waals surface area contributed by atoms with E-state index in [2.05, 4.69) is 32.4 Å². The number of hydrogen-bond donors (Lipinski definition) is 3. The first-order chi connectivity index (χ1) is 17.8. The maximum Gasteiger partial charge on any atom is 0.258 e. The number of hydrogen-bond acceptors (Lipinski definition) is 5. The summed E-state index contributed by atoms with van der Waals surface area (Å²) in [5.74, 6) is 0.133. The SMILES string of the molecule is CN1CC2CN(c3ccc(C(=O)Nc4n[nH]c5ccc(Cc6cc(F)cc(F)c6)cc45)c(N)c3)CC2C1. The monoisotopic (exact) mass is 502 g/mol. The average molecular weight is 503 g/mol. The number of aromatic nitrogens is 2. The van der Waals surface area contributed by atoms with Crippen LogP contribution in [-0.4, -0.2) is 54.2 Å². The third-order valence-electron chi connectivity index (χ3n) is 7.50. The van der Waals surface area contributed by atoms with Gasteiger partial charge in [-0.15, -0.1) is 0 Å². The number of rotatable bonds is 5. The number of nitrogens with one attached hydrogen (secondary N) is 2. The van der Waals surface area contributed by atoms with E-state index in [9.17, 15) is 13.6 Å². The number of benzene rings is 3. The van der Waals surface area contributed by atoms with Crippen molar-refractivity contribution in [2.24, 2.45) is 11.8 Å². The standard InChI is InChI=1S/C28H28F2N6O/c1-35-12-18-14-36(15-19(18)13-35)22-3-4-23(25(31)11-22)28(37)32-27-24-9-16(2-5-26(24)33-34-27)6-17-7-20(29)10-21(30)8-17/h2-5,7-11,18-19H,6,12-15,31H2,1H3,(H2,32,33,34,37). The van der Waals surface area contributed by atoms with Crippen LogP contribution in [0.3, 0.4) is 0 Å². The van der Waals surface area contributed by atoms with Crippen LogP contribution in [0.5, 0.6) is 0 Å². The zero-order chi connectivity index (χ0) is 25.7. The minimum Gasteiger partial charge on any atom is -0.398 e. The third kappa shape index (κ3) is 4.62. The molecule has 4 aromatic rings. The molecule has 0 aliphatic carbocycles. The Morgan fingerprint density at radius 1 is 1.00 bits per heavy atom. The van der Waals surface area contributed by atoms with Gasteiger partial charge in [0, 0.05) is 49.0 Å². The molecule has 1 amide bonds. The summed E-state index contributed by atoms with van der Waals surface area (Å²) in [5, 5.41) is 10.7. The van der Waals surface area contributed by atoms with Crippen molar-refractivity contribution in [2.45, 2.75) is 6.42 Å². The lowest BCUT2D eigenvalue weighted by atomic mass is 10.0. The van der Waals surface area contributed by atoms with Gasteiger partial charge in [-0.05, 0) is 78.9 Å². The lowest BCUT2D eigenvalue weighted by molar-refractivity contribution is 0.102. The highest BCUT2D eigenvalue weighted by atomic mass is 19.1. The molecule has 0 bridgehead atoms. The Labute approximate surface area is 213 Å². The highest BCUT2D eigenvalue weighted by Crippen LogP contribution is 2.34. The van der Waals surface area contributed by atoms with Crippen molar-refractivity contribution in [3.05, 3.63) is 82.9 Å². The summed E-state index contributed by atoms with van der Waals surface area (Å²) < 4.78 is 27.2. The van der Waals surface area contributed by atoms with Crippen LogP contribution in [0.15, 0.2) is 54.6 Å². The van der Waals surface area contributed by atoms with Gasteiger partial charge in [0.25, 0.3) is 5.91 Å². The fraction of sp³-hybridized carbons (Fsp3) is 0.286. The quantitative estimate of drug-likeness (QED) is 0.355. The molecule has 0 spiro atoms. The molecule has 9 heteroatoms. The number of carbonyl (C=O) groups is 1. The van der Waals surface area contributed by atoms with Crippen molar-refractivity contribution in [3.8, 4) is 0 Å². The molecule has 3 heterocycles. The van der Waals surface area contributed by atoms with Crippen LogP contribution in [0.2, 0.25) is 0 Å². The fourth-order valence-electron chi connectivity index (χ4n) is 5.78. The second kappa shape index (κ2) is 9.15. The summed E-state index contributed by atoms with van der Waals surface area (Å²) in [6.45, 7) is 4.25. The second-order valence-electron chi connectivity index (χ2n) is 10.3. The number of anilines is 3. The number of halogens is 2. The van der Waals surface area contributed by atoms with E-state index < -0.39 is 11.6 Å². The van der Waals surface area contributed by atoms with Crippen molar-refractivity contribution in [1.82, 2.24) is 15.1 Å². The number of H-pyrrole nitrogens is 1. The van der Waals surface area contributed by atoms with Gasteiger partial charge in [-0.3, -0.25) is 9.89 Å². The number of nitrogens with two attached hydrogens (primary N) is 1. The number of nitrogen functional groups attached to an aromatic ring is 1. The van der Waals surface area contributed by atoms with Crippen LogP contribution in [-0.2, 0) is 6.42 Å². The minimum atomic E-state index is -0.615. The predicted octanol–water partition coefficient (Wildman–Crippen LogP) is 4.26. The molecule has 1 aromatic heterocycles. The summed E-state index contributed by atoms with van der Waals surface area (Å²) in [4.78, 5) is 17.8. The summed E-state index contributed by atoms with van der Waals surface area (Å²) >= 11 is 0. The molecular weight excluding hydrogens is 474 g/mol. The van der Waals surface area contributed by atoms with E-state index in [-0.39, 0.29) is 5.91 Å². The van der Waals surface area contributed by atoms with Crippen molar-refractivity contribution < 1.29 is 13.6 Å². The first-order valence-corrected chi connectivity index (χ1v) is 12.4. The number of likely N-dealkylation sites (tertiary alicyclic amines) is 1. The first kappa shape index (κ1) is 23.4. The zero-order valence-electron chi connectivity index (χ0n) is 20.5. The van der Waals surface area contributed by atoms with Gasteiger partial charge in [0.05, 0.1) is 11.1 Å². The van der Waals surface area contributed by atoms with Gasteiger partial charge in [-0.25, -0.2) is 8.78 Å². The third-order valence-corrected chi connectivity index (χ3v) is 7.50. The van der Waals surface area contributed by atoms with E-state index in [0.717, 1.165) is 49.0 Å². The number of aromatic amines is 1. The average Bonchev–Trinajstić information content (AvgIpc) is 3.51. The number of nitrogens with zero attached hydrogens (tertiary/aromatic N) is 3. The second-order valence-corrected chi connectivity index (χ2v) is 10.3. The van der Waals surface area contributed by atoms with Gasteiger partial charge in [0.2, 0.25) is 0 Å². The molecule has 2 unspecified atom stereocenters. The number of fused-ring (bicyclic) bond motifs is 2. The molecule has 2 aliphatic heterocycles. The molecule has 2 saturated heterocycles. The Kier molecular flexibility index (Phi) is 5.79. The van der Waals surface area contributed by atoms with Crippen LogP contribution in [0, 0.1) is 23.5 Å². The molecule has 37 heavy (non-hydrogen) atoms. The largest absolute Gasteiger partial charge is 0.398 e. The van der Waals surface area contributed by atoms with Gasteiger partial charge in [-0.1, -0.05) is 6.07 Å². The fourth-order valence-corrected chi connectivity index (χ4v) is 5.78. The van der Waals surface area contributed by atoms with E-state index in [4.69, 9.17) is 5.73 Å². The van der Waals surface area contributed by atoms with Crippen molar-refractivity contribution in [3.63, 3.8) is 0 Å². The molecule has 190 valence electrons. The maximum atomic E-state index is 13.6. The molecule has 2 aliphatic rings. The van der Waals surface area contributed by atoms with Gasteiger partial charge in [0.1, 0.15) is 11.6 Å². The van der Waals surface area contributed by atoms with E-state index >= 15 is 0 Å². The predicted molar refractivity (Wildman–Crippen MR) is 141 cm³/mol. The summed E-state index contributed by atoms with van der Waals surface area (Å²) in [6.07, 6.45) is 0.339. The normalized spacial score (nSPS) is 19.5. The van der Waals surface area contributed by atoms with E-state index in [0.29, 0.717) is 46.3 Å². The molecular formula is C28H28F2N6O. The summed E-state index contributed by atoms with van der Waals surface area (Å²) in [7, 11) is 2.17. The van der Waals surface area contributed by atoms with Crippen molar-refractivity contribution in [2.75, 3.05) is 49.2 Å². The van der Waals surface area contributed by atoms with Gasteiger partial charge < -0.3 is 20.9 Å². The number of amides is 1. The number of carbonyl (C=O) groups excluding carboxylic acids is 1. The van der Waals surface area contributed by atoms with Crippen LogP contribution >= 0.6 is 0 Å². The van der Waals surface area contributed by atoms with E-state index in [1.165, 1.54) is 12.1 Å². The topological polar surface area (TPSA) is 90.3 Å². The Morgan fingerprint density at radius 2 is 1.73 bits per heavy atom. The van der Waals surface area contributed by atoms with Crippen LogP contribution < -0.4 is 16.0 Å². The first-order valence-electron chi connectivity index (χ1n) is 12.4. The summed E-state index contributed by atoms with van der Waals surface area (Å²) in [6, 6.07) is 14.6. The molecule has 7 nitrogen and oxygen atoms in total. The molecule has 2 atom stereocenters. The molecule has 3 aromatic carbocycles. The Balaban J connectivity index is 1.18. The van der Waals surface area contributed by atoms with Crippen molar-refractivity contribution >= 4 is 34.0 Å². The molecule has 6 rings (SSSR count).